The first-order valence-corrected chi connectivity index (χ1v) is 10.5. The zero-order valence-corrected chi connectivity index (χ0v) is 18.7. The SMILES string of the molecule is CC(C)(CO)n1cc(C(=O)c2ccnc(NC(=O)Cc3ccc(C#N)cc3)c2)c2cncnc21. The second kappa shape index (κ2) is 9.21. The van der Waals surface area contributed by atoms with E-state index in [1.807, 2.05) is 19.9 Å². The zero-order chi connectivity index (χ0) is 24.3. The maximum absolute atomic E-state index is 13.4. The predicted octanol–water partition coefficient (Wildman–Crippen LogP) is 2.84. The van der Waals surface area contributed by atoms with Crippen LogP contribution in [-0.4, -0.2) is 42.9 Å². The predicted molar refractivity (Wildman–Crippen MR) is 125 cm³/mol. The van der Waals surface area contributed by atoms with Crippen LogP contribution in [0.3, 0.4) is 0 Å². The van der Waals surface area contributed by atoms with Crippen LogP contribution in [0.1, 0.15) is 40.9 Å². The fourth-order valence-corrected chi connectivity index (χ4v) is 3.55. The second-order valence-corrected chi connectivity index (χ2v) is 8.44. The van der Waals surface area contributed by atoms with Gasteiger partial charge in [-0.3, -0.25) is 9.59 Å². The summed E-state index contributed by atoms with van der Waals surface area (Å²) in [5.41, 5.74) is 1.87. The highest BCUT2D eigenvalue weighted by molar-refractivity contribution is 6.16. The standard InChI is InChI=1S/C25H22N6O3/c1-25(2,14-32)31-13-20(19-12-27-15-29-24(19)31)23(34)18-7-8-28-21(10-18)30-22(33)9-16-3-5-17(11-26)6-4-16/h3-8,10,12-13,15,32H,9,14H2,1-2H3,(H,28,30,33). The number of ketones is 1. The largest absolute Gasteiger partial charge is 0.394 e. The van der Waals surface area contributed by atoms with Gasteiger partial charge in [-0.2, -0.15) is 5.26 Å². The molecule has 0 saturated heterocycles. The van der Waals surface area contributed by atoms with Gasteiger partial charge in [0.15, 0.2) is 5.78 Å². The molecule has 0 spiro atoms. The summed E-state index contributed by atoms with van der Waals surface area (Å²) in [6.45, 7) is 3.55. The van der Waals surface area contributed by atoms with E-state index >= 15 is 0 Å². The molecule has 9 heteroatoms. The monoisotopic (exact) mass is 454 g/mol. The number of nitrogens with one attached hydrogen (secondary N) is 1. The van der Waals surface area contributed by atoms with Crippen LogP contribution >= 0.6 is 0 Å². The molecule has 0 aliphatic carbocycles. The summed E-state index contributed by atoms with van der Waals surface area (Å²) in [6, 6.07) is 11.9. The summed E-state index contributed by atoms with van der Waals surface area (Å²) >= 11 is 0. The van der Waals surface area contributed by atoms with E-state index in [1.54, 1.807) is 47.3 Å². The molecule has 34 heavy (non-hydrogen) atoms. The number of hydrogen-bond donors (Lipinski definition) is 2. The van der Waals surface area contributed by atoms with Gasteiger partial charge in [0.2, 0.25) is 5.91 Å². The number of carbonyl (C=O) groups is 2. The number of benzene rings is 1. The van der Waals surface area contributed by atoms with Crippen molar-refractivity contribution in [3.63, 3.8) is 0 Å². The van der Waals surface area contributed by atoms with Gasteiger partial charge >= 0.3 is 0 Å². The molecule has 0 atom stereocenters. The van der Waals surface area contributed by atoms with Gasteiger partial charge in [-0.15, -0.1) is 0 Å². The lowest BCUT2D eigenvalue weighted by Crippen LogP contribution is -2.30. The molecular formula is C25H22N6O3. The number of amides is 1. The third kappa shape index (κ3) is 4.53. The van der Waals surface area contributed by atoms with Crippen molar-refractivity contribution in [1.29, 1.82) is 5.26 Å². The second-order valence-electron chi connectivity index (χ2n) is 8.44. The van der Waals surface area contributed by atoms with Gasteiger partial charge < -0.3 is 15.0 Å². The molecule has 0 fully saturated rings. The Morgan fingerprint density at radius 3 is 2.65 bits per heavy atom. The Morgan fingerprint density at radius 2 is 1.94 bits per heavy atom. The van der Waals surface area contributed by atoms with Gasteiger partial charge in [0, 0.05) is 29.5 Å². The number of nitrogens with zero attached hydrogens (tertiary/aromatic N) is 5. The summed E-state index contributed by atoms with van der Waals surface area (Å²) < 4.78 is 1.76. The summed E-state index contributed by atoms with van der Waals surface area (Å²) in [4.78, 5) is 38.4. The lowest BCUT2D eigenvalue weighted by molar-refractivity contribution is -0.115. The number of nitriles is 1. The van der Waals surface area contributed by atoms with Gasteiger partial charge in [-0.05, 0) is 43.7 Å². The average molecular weight is 454 g/mol. The molecule has 0 unspecified atom stereocenters. The first-order chi connectivity index (χ1) is 16.3. The Labute approximate surface area is 195 Å². The van der Waals surface area contributed by atoms with Gasteiger partial charge in [-0.25, -0.2) is 15.0 Å². The van der Waals surface area contributed by atoms with Crippen molar-refractivity contribution < 1.29 is 14.7 Å². The Hall–Kier alpha value is -4.42. The van der Waals surface area contributed by atoms with Crippen LogP contribution < -0.4 is 5.32 Å². The number of pyridine rings is 1. The Bertz CT molecular complexity index is 1420. The molecule has 4 aromatic rings. The summed E-state index contributed by atoms with van der Waals surface area (Å²) in [6.07, 6.45) is 6.20. The van der Waals surface area contributed by atoms with Crippen LogP contribution in [0.4, 0.5) is 5.82 Å². The molecule has 1 aromatic carbocycles. The van der Waals surface area contributed by atoms with Crippen molar-refractivity contribution in [2.75, 3.05) is 11.9 Å². The molecule has 2 N–H and O–H groups in total. The lowest BCUT2D eigenvalue weighted by atomic mass is 10.0. The summed E-state index contributed by atoms with van der Waals surface area (Å²) in [5.74, 6) is -0.325. The van der Waals surface area contributed by atoms with Crippen LogP contribution in [0, 0.1) is 11.3 Å². The van der Waals surface area contributed by atoms with Crippen LogP contribution in [-0.2, 0) is 16.8 Å². The summed E-state index contributed by atoms with van der Waals surface area (Å²) in [5, 5.41) is 22.0. The molecule has 0 aliphatic heterocycles. The van der Waals surface area contributed by atoms with Crippen molar-refractivity contribution in [2.24, 2.45) is 0 Å². The quantitative estimate of drug-likeness (QED) is 0.410. The fraction of sp³-hybridized carbons (Fsp3) is 0.200. The van der Waals surface area contributed by atoms with E-state index in [0.717, 1.165) is 5.56 Å². The molecule has 9 nitrogen and oxygen atoms in total. The van der Waals surface area contributed by atoms with Crippen molar-refractivity contribution in [3.8, 4) is 6.07 Å². The van der Waals surface area contributed by atoms with Gasteiger partial charge in [0.05, 0.1) is 35.8 Å². The van der Waals surface area contributed by atoms with Crippen LogP contribution in [0.5, 0.6) is 0 Å². The highest BCUT2D eigenvalue weighted by Gasteiger charge is 2.26. The number of aliphatic hydroxyl groups excluding tert-OH is 1. The molecular weight excluding hydrogens is 432 g/mol. The van der Waals surface area contributed by atoms with Crippen LogP contribution in [0.25, 0.3) is 11.0 Å². The van der Waals surface area contributed by atoms with E-state index in [1.165, 1.54) is 18.6 Å². The molecule has 1 amide bonds. The number of aromatic nitrogens is 4. The number of anilines is 1. The van der Waals surface area contributed by atoms with E-state index < -0.39 is 5.54 Å². The molecule has 0 saturated carbocycles. The highest BCUT2D eigenvalue weighted by Crippen LogP contribution is 2.27. The molecule has 170 valence electrons. The highest BCUT2D eigenvalue weighted by atomic mass is 16.3. The van der Waals surface area contributed by atoms with E-state index in [9.17, 15) is 14.7 Å². The molecule has 0 radical (unpaired) electrons. The van der Waals surface area contributed by atoms with E-state index in [4.69, 9.17) is 5.26 Å². The minimum absolute atomic E-state index is 0.104. The molecule has 4 rings (SSSR count). The molecule has 3 aromatic heterocycles. The minimum atomic E-state index is -0.673. The third-order valence-corrected chi connectivity index (χ3v) is 5.49. The number of carbonyl (C=O) groups excluding carboxylic acids is 2. The Kier molecular flexibility index (Phi) is 6.17. The topological polar surface area (TPSA) is 134 Å². The Balaban J connectivity index is 1.58. The molecule has 3 heterocycles. The number of fused-ring (bicyclic) bond motifs is 1. The van der Waals surface area contributed by atoms with Crippen LogP contribution in [0.15, 0.2) is 61.3 Å². The fourth-order valence-electron chi connectivity index (χ4n) is 3.55. The number of rotatable bonds is 7. The van der Waals surface area contributed by atoms with Crippen molar-refractivity contribution >= 4 is 28.5 Å². The maximum Gasteiger partial charge on any atom is 0.229 e. The first kappa shape index (κ1) is 22.8. The third-order valence-electron chi connectivity index (χ3n) is 5.49. The van der Waals surface area contributed by atoms with Crippen molar-refractivity contribution in [1.82, 2.24) is 19.5 Å². The number of hydrogen-bond acceptors (Lipinski definition) is 7. The van der Waals surface area contributed by atoms with Gasteiger partial charge in [-0.1, -0.05) is 12.1 Å². The first-order valence-electron chi connectivity index (χ1n) is 10.5. The van der Waals surface area contributed by atoms with E-state index in [-0.39, 0.29) is 30.5 Å². The van der Waals surface area contributed by atoms with Gasteiger partial charge in [0.25, 0.3) is 0 Å². The van der Waals surface area contributed by atoms with Crippen LogP contribution in [0.2, 0.25) is 0 Å². The molecule has 0 bridgehead atoms. The van der Waals surface area contributed by atoms with Gasteiger partial charge in [0.1, 0.15) is 17.8 Å². The van der Waals surface area contributed by atoms with Crippen molar-refractivity contribution in [3.05, 3.63) is 83.6 Å². The molecule has 0 aliphatic rings. The van der Waals surface area contributed by atoms with E-state index in [2.05, 4.69) is 20.3 Å². The maximum atomic E-state index is 13.4. The summed E-state index contributed by atoms with van der Waals surface area (Å²) in [7, 11) is 0. The number of aliphatic hydroxyl groups is 1. The smallest absolute Gasteiger partial charge is 0.229 e. The normalized spacial score (nSPS) is 11.2. The zero-order valence-electron chi connectivity index (χ0n) is 18.7. The minimum Gasteiger partial charge on any atom is -0.394 e. The lowest BCUT2D eigenvalue weighted by Gasteiger charge is -2.24. The van der Waals surface area contributed by atoms with Crippen molar-refractivity contribution in [2.45, 2.75) is 25.8 Å². The Morgan fingerprint density at radius 1 is 1.18 bits per heavy atom. The average Bonchev–Trinajstić information content (AvgIpc) is 3.25. The van der Waals surface area contributed by atoms with E-state index in [0.29, 0.717) is 27.7 Å².